The van der Waals surface area contributed by atoms with Gasteiger partial charge in [-0.2, -0.15) is 0 Å². The third-order valence-corrected chi connectivity index (χ3v) is 2.14. The Morgan fingerprint density at radius 3 is 2.69 bits per heavy atom. The molecule has 0 radical (unpaired) electrons. The number of hydrogen-bond acceptors (Lipinski definition) is 4. The Labute approximate surface area is 96.2 Å². The maximum Gasteiger partial charge on any atom is 0.213 e. The van der Waals surface area contributed by atoms with E-state index in [2.05, 4.69) is 4.98 Å². The number of ether oxygens (including phenoxy) is 2. The topological polar surface area (TPSA) is 51.6 Å². The fourth-order valence-electron chi connectivity index (χ4n) is 1.32. The molecule has 0 atom stereocenters. The van der Waals surface area contributed by atoms with Crippen LogP contribution in [0.3, 0.4) is 0 Å². The van der Waals surface area contributed by atoms with Gasteiger partial charge in [-0.25, -0.2) is 4.98 Å². The molecule has 0 aliphatic rings. The van der Waals surface area contributed by atoms with Crippen molar-refractivity contribution in [2.75, 3.05) is 19.8 Å². The lowest BCUT2D eigenvalue weighted by Crippen LogP contribution is -2.08. The lowest BCUT2D eigenvalue weighted by Gasteiger charge is -2.08. The van der Waals surface area contributed by atoms with Crippen LogP contribution in [-0.2, 0) is 17.8 Å². The Balaban J connectivity index is 2.57. The highest BCUT2D eigenvalue weighted by atomic mass is 16.5. The number of aromatic nitrogens is 1. The molecule has 0 bridgehead atoms. The summed E-state index contributed by atoms with van der Waals surface area (Å²) in [6.45, 7) is 5.71. The van der Waals surface area contributed by atoms with Crippen molar-refractivity contribution in [2.45, 2.75) is 26.9 Å². The van der Waals surface area contributed by atoms with Crippen molar-refractivity contribution >= 4 is 0 Å². The second-order valence-electron chi connectivity index (χ2n) is 3.36. The number of aliphatic hydroxyl groups excluding tert-OH is 1. The summed E-state index contributed by atoms with van der Waals surface area (Å²) in [5, 5.41) is 9.08. The largest absolute Gasteiger partial charge is 0.475 e. The lowest BCUT2D eigenvalue weighted by molar-refractivity contribution is 0.108. The lowest BCUT2D eigenvalue weighted by atomic mass is 10.2. The summed E-state index contributed by atoms with van der Waals surface area (Å²) in [6, 6.07) is 3.64. The zero-order chi connectivity index (χ0) is 11.8. The van der Waals surface area contributed by atoms with Crippen LogP contribution in [0, 0.1) is 0 Å². The Morgan fingerprint density at radius 2 is 2.06 bits per heavy atom. The standard InChI is InChI=1S/C12H19NO3/c1-3-11-7-10(9-14)8-12(13-11)16-6-5-15-4-2/h7-8,14H,3-6,9H2,1-2H3. The predicted molar refractivity (Wildman–Crippen MR) is 61.5 cm³/mol. The van der Waals surface area contributed by atoms with Crippen molar-refractivity contribution in [3.63, 3.8) is 0 Å². The van der Waals surface area contributed by atoms with Gasteiger partial charge < -0.3 is 14.6 Å². The van der Waals surface area contributed by atoms with Crippen LogP contribution in [0.1, 0.15) is 25.1 Å². The fourth-order valence-corrected chi connectivity index (χ4v) is 1.32. The summed E-state index contributed by atoms with van der Waals surface area (Å²) in [6.07, 6.45) is 0.829. The Morgan fingerprint density at radius 1 is 1.25 bits per heavy atom. The highest BCUT2D eigenvalue weighted by Gasteiger charge is 2.02. The Kier molecular flexibility index (Phi) is 5.82. The van der Waals surface area contributed by atoms with Gasteiger partial charge in [-0.15, -0.1) is 0 Å². The van der Waals surface area contributed by atoms with E-state index < -0.39 is 0 Å². The van der Waals surface area contributed by atoms with Gasteiger partial charge in [-0.05, 0) is 25.0 Å². The Bertz CT molecular complexity index is 293. The van der Waals surface area contributed by atoms with Crippen molar-refractivity contribution in [3.05, 3.63) is 23.4 Å². The van der Waals surface area contributed by atoms with Crippen LogP contribution in [-0.4, -0.2) is 29.9 Å². The molecule has 0 saturated carbocycles. The van der Waals surface area contributed by atoms with E-state index in [1.54, 1.807) is 6.07 Å². The SMILES string of the molecule is CCOCCOc1cc(CO)cc(CC)n1. The normalized spacial score (nSPS) is 10.4. The van der Waals surface area contributed by atoms with E-state index in [0.29, 0.717) is 25.7 Å². The fraction of sp³-hybridized carbons (Fsp3) is 0.583. The monoisotopic (exact) mass is 225 g/mol. The van der Waals surface area contributed by atoms with E-state index in [1.165, 1.54) is 0 Å². The molecule has 0 fully saturated rings. The van der Waals surface area contributed by atoms with Crippen LogP contribution in [0.15, 0.2) is 12.1 Å². The molecule has 1 heterocycles. The second-order valence-corrected chi connectivity index (χ2v) is 3.36. The maximum absolute atomic E-state index is 9.08. The summed E-state index contributed by atoms with van der Waals surface area (Å²) in [5.74, 6) is 0.558. The molecule has 0 unspecified atom stereocenters. The van der Waals surface area contributed by atoms with Crippen molar-refractivity contribution < 1.29 is 14.6 Å². The van der Waals surface area contributed by atoms with Gasteiger partial charge in [0.25, 0.3) is 0 Å². The number of aliphatic hydroxyl groups is 1. The van der Waals surface area contributed by atoms with Crippen LogP contribution in [0.25, 0.3) is 0 Å². The minimum atomic E-state index is 0.0112. The van der Waals surface area contributed by atoms with Crippen LogP contribution in [0.2, 0.25) is 0 Å². The number of aryl methyl sites for hydroxylation is 1. The average molecular weight is 225 g/mol. The van der Waals surface area contributed by atoms with Crippen molar-refractivity contribution in [1.82, 2.24) is 4.98 Å². The molecule has 1 rings (SSSR count). The molecule has 90 valence electrons. The molecule has 0 spiro atoms. The molecule has 1 aromatic heterocycles. The third kappa shape index (κ3) is 4.16. The highest BCUT2D eigenvalue weighted by Crippen LogP contribution is 2.13. The van der Waals surface area contributed by atoms with Gasteiger partial charge in [-0.3, -0.25) is 0 Å². The van der Waals surface area contributed by atoms with Crippen LogP contribution >= 0.6 is 0 Å². The minimum Gasteiger partial charge on any atom is -0.475 e. The number of pyridine rings is 1. The summed E-state index contributed by atoms with van der Waals surface area (Å²) < 4.78 is 10.6. The Hall–Kier alpha value is -1.13. The zero-order valence-corrected chi connectivity index (χ0v) is 9.90. The summed E-state index contributed by atoms with van der Waals surface area (Å²) >= 11 is 0. The quantitative estimate of drug-likeness (QED) is 0.715. The molecule has 1 N–H and O–H groups in total. The van der Waals surface area contributed by atoms with E-state index in [0.717, 1.165) is 17.7 Å². The van der Waals surface area contributed by atoms with E-state index in [4.69, 9.17) is 14.6 Å². The molecule has 16 heavy (non-hydrogen) atoms. The van der Waals surface area contributed by atoms with Gasteiger partial charge in [0.05, 0.1) is 13.2 Å². The predicted octanol–water partition coefficient (Wildman–Crippen LogP) is 1.55. The molecule has 1 aromatic rings. The molecule has 0 aliphatic carbocycles. The van der Waals surface area contributed by atoms with Crippen molar-refractivity contribution in [3.8, 4) is 5.88 Å². The van der Waals surface area contributed by atoms with E-state index in [9.17, 15) is 0 Å². The second kappa shape index (κ2) is 7.19. The van der Waals surface area contributed by atoms with Crippen LogP contribution < -0.4 is 4.74 Å². The molecule has 0 aliphatic heterocycles. The van der Waals surface area contributed by atoms with Crippen molar-refractivity contribution in [2.24, 2.45) is 0 Å². The van der Waals surface area contributed by atoms with Gasteiger partial charge in [0.15, 0.2) is 0 Å². The van der Waals surface area contributed by atoms with E-state index in [1.807, 2.05) is 19.9 Å². The summed E-state index contributed by atoms with van der Waals surface area (Å²) in [7, 11) is 0. The molecular formula is C12H19NO3. The van der Waals surface area contributed by atoms with E-state index >= 15 is 0 Å². The molecule has 4 nitrogen and oxygen atoms in total. The molecule has 0 aromatic carbocycles. The molecule has 4 heteroatoms. The average Bonchev–Trinajstić information content (AvgIpc) is 2.34. The first-order valence-corrected chi connectivity index (χ1v) is 5.61. The van der Waals surface area contributed by atoms with Gasteiger partial charge in [0.1, 0.15) is 6.61 Å². The van der Waals surface area contributed by atoms with Crippen LogP contribution in [0.5, 0.6) is 5.88 Å². The first-order valence-electron chi connectivity index (χ1n) is 5.61. The smallest absolute Gasteiger partial charge is 0.213 e. The summed E-state index contributed by atoms with van der Waals surface area (Å²) in [4.78, 5) is 4.31. The number of rotatable bonds is 7. The van der Waals surface area contributed by atoms with Crippen molar-refractivity contribution in [1.29, 1.82) is 0 Å². The number of hydrogen-bond donors (Lipinski definition) is 1. The number of nitrogens with zero attached hydrogens (tertiary/aromatic N) is 1. The van der Waals surface area contributed by atoms with Crippen LogP contribution in [0.4, 0.5) is 0 Å². The van der Waals surface area contributed by atoms with E-state index in [-0.39, 0.29) is 6.61 Å². The minimum absolute atomic E-state index is 0.0112. The highest BCUT2D eigenvalue weighted by molar-refractivity contribution is 5.24. The van der Waals surface area contributed by atoms with Gasteiger partial charge in [0.2, 0.25) is 5.88 Å². The first kappa shape index (κ1) is 12.9. The molecular weight excluding hydrogens is 206 g/mol. The third-order valence-electron chi connectivity index (χ3n) is 2.14. The van der Waals surface area contributed by atoms with Gasteiger partial charge in [-0.1, -0.05) is 6.92 Å². The summed E-state index contributed by atoms with van der Waals surface area (Å²) in [5.41, 5.74) is 1.76. The van der Waals surface area contributed by atoms with Gasteiger partial charge >= 0.3 is 0 Å². The maximum atomic E-state index is 9.08. The van der Waals surface area contributed by atoms with Gasteiger partial charge in [0, 0.05) is 18.4 Å². The molecule has 0 amide bonds. The molecule has 0 saturated heterocycles. The zero-order valence-electron chi connectivity index (χ0n) is 9.90. The first-order chi connectivity index (χ1) is 7.80.